The molecule has 37 heavy (non-hydrogen) atoms. The van der Waals surface area contributed by atoms with E-state index in [1.54, 1.807) is 11.1 Å². The predicted octanol–water partition coefficient (Wildman–Crippen LogP) is 5.93. The monoisotopic (exact) mass is 498 g/mol. The van der Waals surface area contributed by atoms with Crippen molar-refractivity contribution >= 4 is 22.7 Å². The van der Waals surface area contributed by atoms with Crippen LogP contribution in [0, 0.1) is 13.8 Å². The predicted molar refractivity (Wildman–Crippen MR) is 146 cm³/mol. The number of nitrogens with two attached hydrogens (primary N) is 1. The van der Waals surface area contributed by atoms with Gasteiger partial charge in [0.05, 0.1) is 17.9 Å². The molecule has 0 atom stereocenters. The van der Waals surface area contributed by atoms with Crippen LogP contribution in [0.2, 0.25) is 0 Å². The van der Waals surface area contributed by atoms with Gasteiger partial charge in [0.25, 0.3) is 0 Å². The number of likely N-dealkylation sites (tertiary alicyclic amines) is 1. The Kier molecular flexibility index (Phi) is 6.35. The fourth-order valence-electron chi connectivity index (χ4n) is 4.84. The molecule has 1 aliphatic rings. The van der Waals surface area contributed by atoms with Crippen molar-refractivity contribution in [1.29, 1.82) is 0 Å². The maximum atomic E-state index is 12.4. The first-order valence-corrected chi connectivity index (χ1v) is 12.7. The summed E-state index contributed by atoms with van der Waals surface area (Å²) in [5, 5.41) is 6.95. The number of nitrogens with zero attached hydrogens (tertiary/aromatic N) is 5. The number of carbonyl (C=O) groups is 1. The zero-order chi connectivity index (χ0) is 26.3. The van der Waals surface area contributed by atoms with Crippen LogP contribution in [-0.4, -0.2) is 49.4 Å². The number of hydrogen-bond donors (Lipinski definition) is 1. The fraction of sp³-hybridized carbons (Fsp3) is 0.379. The lowest BCUT2D eigenvalue weighted by Crippen LogP contribution is -2.42. The molecule has 8 nitrogen and oxygen atoms in total. The van der Waals surface area contributed by atoms with Crippen molar-refractivity contribution in [3.8, 4) is 22.4 Å². The van der Waals surface area contributed by atoms with Crippen LogP contribution in [0.4, 0.5) is 10.6 Å². The summed E-state index contributed by atoms with van der Waals surface area (Å²) in [6, 6.07) is 8.60. The van der Waals surface area contributed by atoms with Gasteiger partial charge in [0.15, 0.2) is 0 Å². The van der Waals surface area contributed by atoms with Gasteiger partial charge in [0.1, 0.15) is 11.4 Å². The van der Waals surface area contributed by atoms with E-state index in [0.717, 1.165) is 40.6 Å². The summed E-state index contributed by atoms with van der Waals surface area (Å²) < 4.78 is 7.51. The average molecular weight is 499 g/mol. The molecule has 4 aromatic rings. The van der Waals surface area contributed by atoms with Gasteiger partial charge in [-0.05, 0) is 76.1 Å². The van der Waals surface area contributed by atoms with E-state index in [0.29, 0.717) is 18.9 Å². The highest BCUT2D eigenvalue weighted by atomic mass is 16.6. The van der Waals surface area contributed by atoms with E-state index < -0.39 is 5.60 Å². The van der Waals surface area contributed by atoms with E-state index in [2.05, 4.69) is 42.1 Å². The zero-order valence-electron chi connectivity index (χ0n) is 22.2. The molecule has 0 bridgehead atoms. The molecule has 1 saturated heterocycles. The Morgan fingerprint density at radius 1 is 0.973 bits per heavy atom. The van der Waals surface area contributed by atoms with E-state index in [-0.39, 0.29) is 12.1 Å². The van der Waals surface area contributed by atoms with Crippen LogP contribution in [0.15, 0.2) is 49.1 Å². The lowest BCUT2D eigenvalue weighted by molar-refractivity contribution is 0.0185. The minimum Gasteiger partial charge on any atom is -0.444 e. The van der Waals surface area contributed by atoms with Crippen molar-refractivity contribution in [3.05, 3.63) is 60.2 Å². The highest BCUT2D eigenvalue weighted by Gasteiger charge is 2.28. The minimum atomic E-state index is -0.489. The molecule has 5 rings (SSSR count). The quantitative estimate of drug-likeness (QED) is 0.376. The van der Waals surface area contributed by atoms with Gasteiger partial charge < -0.3 is 15.4 Å². The number of ether oxygens (including phenoxy) is 1. The molecule has 192 valence electrons. The van der Waals surface area contributed by atoms with Crippen LogP contribution in [0.3, 0.4) is 0 Å². The van der Waals surface area contributed by atoms with Gasteiger partial charge in [-0.15, -0.1) is 0 Å². The molecule has 0 radical (unpaired) electrons. The standard InChI is InChI=1S/C29H34N6O2/c1-18-6-7-19(2)25-16-31-26(13-23(18)25)24-12-20(14-32-27(24)30)21-15-33-35(17-21)22-8-10-34(11-9-22)28(36)37-29(3,4)5/h6-7,12-17,22H,8-11H2,1-5H3,(H2,30,32). The smallest absolute Gasteiger partial charge is 0.410 e. The maximum Gasteiger partial charge on any atom is 0.410 e. The summed E-state index contributed by atoms with van der Waals surface area (Å²) in [5.74, 6) is 0.447. The first-order valence-electron chi connectivity index (χ1n) is 12.7. The van der Waals surface area contributed by atoms with Crippen molar-refractivity contribution in [2.24, 2.45) is 0 Å². The van der Waals surface area contributed by atoms with E-state index in [4.69, 9.17) is 15.5 Å². The van der Waals surface area contributed by atoms with Crippen LogP contribution in [-0.2, 0) is 4.74 Å². The molecule has 1 fully saturated rings. The number of pyridine rings is 2. The third-order valence-corrected chi connectivity index (χ3v) is 6.96. The first-order chi connectivity index (χ1) is 17.6. The normalized spacial score (nSPS) is 14.8. The number of rotatable bonds is 3. The Hall–Kier alpha value is -3.94. The Bertz CT molecular complexity index is 1460. The summed E-state index contributed by atoms with van der Waals surface area (Å²) >= 11 is 0. The summed E-state index contributed by atoms with van der Waals surface area (Å²) in [7, 11) is 0. The van der Waals surface area contributed by atoms with Gasteiger partial charge >= 0.3 is 6.09 Å². The Labute approximate surface area is 217 Å². The van der Waals surface area contributed by atoms with Crippen LogP contribution in [0.1, 0.15) is 50.8 Å². The molecule has 0 spiro atoms. The first kappa shape index (κ1) is 24.7. The number of benzene rings is 1. The number of aromatic nitrogens is 4. The Balaban J connectivity index is 1.35. The van der Waals surface area contributed by atoms with Crippen LogP contribution < -0.4 is 5.73 Å². The molecular formula is C29H34N6O2. The number of carbonyl (C=O) groups excluding carboxylic acids is 1. The minimum absolute atomic E-state index is 0.224. The fourth-order valence-corrected chi connectivity index (χ4v) is 4.84. The number of piperidine rings is 1. The van der Waals surface area contributed by atoms with E-state index in [1.165, 1.54) is 16.5 Å². The van der Waals surface area contributed by atoms with Crippen molar-refractivity contribution in [2.75, 3.05) is 18.8 Å². The number of nitrogen functional groups attached to an aromatic ring is 1. The number of hydrogen-bond acceptors (Lipinski definition) is 6. The average Bonchev–Trinajstić information content (AvgIpc) is 3.36. The molecule has 2 N–H and O–H groups in total. The highest BCUT2D eigenvalue weighted by Crippen LogP contribution is 2.32. The second-order valence-corrected chi connectivity index (χ2v) is 10.9. The molecule has 0 saturated carbocycles. The van der Waals surface area contributed by atoms with Crippen molar-refractivity contribution in [2.45, 2.75) is 59.1 Å². The third-order valence-electron chi connectivity index (χ3n) is 6.96. The molecule has 4 heterocycles. The summed E-state index contributed by atoms with van der Waals surface area (Å²) in [6.45, 7) is 11.2. The molecule has 8 heteroatoms. The zero-order valence-corrected chi connectivity index (χ0v) is 22.2. The van der Waals surface area contributed by atoms with E-state index in [9.17, 15) is 4.79 Å². The molecule has 3 aromatic heterocycles. The molecular weight excluding hydrogens is 464 g/mol. The summed E-state index contributed by atoms with van der Waals surface area (Å²) in [5.41, 5.74) is 11.7. The van der Waals surface area contributed by atoms with Crippen LogP contribution >= 0.6 is 0 Å². The molecule has 1 aliphatic heterocycles. The topological polar surface area (TPSA) is 99.2 Å². The second kappa shape index (κ2) is 9.50. The molecule has 1 aromatic carbocycles. The third kappa shape index (κ3) is 5.14. The van der Waals surface area contributed by atoms with Crippen molar-refractivity contribution in [3.63, 3.8) is 0 Å². The lowest BCUT2D eigenvalue weighted by Gasteiger charge is -2.33. The lowest BCUT2D eigenvalue weighted by atomic mass is 10.00. The number of amides is 1. The number of fused-ring (bicyclic) bond motifs is 1. The maximum absolute atomic E-state index is 12.4. The van der Waals surface area contributed by atoms with Crippen molar-refractivity contribution < 1.29 is 9.53 Å². The van der Waals surface area contributed by atoms with Crippen molar-refractivity contribution in [1.82, 2.24) is 24.6 Å². The van der Waals surface area contributed by atoms with Gasteiger partial charge in [0, 0.05) is 53.8 Å². The van der Waals surface area contributed by atoms with Crippen LogP contribution in [0.5, 0.6) is 0 Å². The highest BCUT2D eigenvalue weighted by molar-refractivity contribution is 5.91. The van der Waals surface area contributed by atoms with E-state index >= 15 is 0 Å². The second-order valence-electron chi connectivity index (χ2n) is 10.9. The van der Waals surface area contributed by atoms with E-state index in [1.807, 2.05) is 50.1 Å². The Morgan fingerprint density at radius 3 is 2.38 bits per heavy atom. The summed E-state index contributed by atoms with van der Waals surface area (Å²) in [6.07, 6.45) is 9.00. The van der Waals surface area contributed by atoms with Crippen LogP contribution in [0.25, 0.3) is 33.2 Å². The van der Waals surface area contributed by atoms with Gasteiger partial charge in [-0.25, -0.2) is 9.78 Å². The largest absolute Gasteiger partial charge is 0.444 e. The van der Waals surface area contributed by atoms with Gasteiger partial charge in [-0.2, -0.15) is 5.10 Å². The molecule has 0 unspecified atom stereocenters. The molecule has 1 amide bonds. The number of anilines is 1. The van der Waals surface area contributed by atoms with Gasteiger partial charge in [-0.3, -0.25) is 9.67 Å². The van der Waals surface area contributed by atoms with Gasteiger partial charge in [0.2, 0.25) is 0 Å². The summed E-state index contributed by atoms with van der Waals surface area (Å²) in [4.78, 5) is 23.4. The number of aryl methyl sites for hydroxylation is 2. The molecule has 0 aliphatic carbocycles. The Morgan fingerprint density at radius 2 is 1.68 bits per heavy atom. The SMILES string of the molecule is Cc1ccc(C)c2cc(-c3cc(-c4cnn(C5CCN(C(=O)OC(C)(C)C)CC5)c4)cnc3N)ncc12. The van der Waals surface area contributed by atoms with Gasteiger partial charge in [-0.1, -0.05) is 12.1 Å².